The molecule has 0 fully saturated rings. The Morgan fingerprint density at radius 1 is 0.688 bits per heavy atom. The van der Waals surface area contributed by atoms with Crippen LogP contribution in [0.15, 0.2) is 59.8 Å². The Balaban J connectivity index is 0.000000882. The van der Waals surface area contributed by atoms with Gasteiger partial charge < -0.3 is 47.5 Å². The first kappa shape index (κ1) is 81.5. The maximum atomic E-state index is 13.5. The number of nitrogens with two attached hydrogens (primary N) is 2. The van der Waals surface area contributed by atoms with Crippen LogP contribution in [0.2, 0.25) is 0 Å². The van der Waals surface area contributed by atoms with Crippen molar-refractivity contribution in [1.29, 1.82) is 6.72 Å². The first-order valence-electron chi connectivity index (χ1n) is 31.2. The first-order valence-corrected chi connectivity index (χ1v) is 35.6. The van der Waals surface area contributed by atoms with E-state index in [2.05, 4.69) is 75.3 Å². The number of alkyl halides is 2. The van der Waals surface area contributed by atoms with Crippen molar-refractivity contribution in [3.05, 3.63) is 71.5 Å². The second kappa shape index (κ2) is 50.7. The first-order chi connectivity index (χ1) is 46.6. The predicted octanol–water partition coefficient (Wildman–Crippen LogP) is 3.68. The van der Waals surface area contributed by atoms with Crippen LogP contribution in [0.5, 0.6) is 0 Å². The predicted molar refractivity (Wildman–Crippen MR) is 373 cm³/mol. The van der Waals surface area contributed by atoms with Crippen molar-refractivity contribution in [3.8, 4) is 12.3 Å². The molecule has 0 saturated heterocycles. The average Bonchev–Trinajstić information content (AvgIpc) is 1.05. The summed E-state index contributed by atoms with van der Waals surface area (Å²) in [5.41, 5.74) is 19.7. The number of ketones is 3. The SMILES string of the molecule is C#CCNC(=O)COC.[2H]I(CC)NC(=O)OCc1ccc(NC(=O)[C@H](CCCNC(N)=O)CC(=O)[C@@H](NC(=O)CN=[N+]=N)C(C)C)cc1.[2H]I(CC)NC(=O)OCc1ccc(NC(=O)[C@H](CCCNC(N)=O)CC(=O)[C@@H](NC(=O)Cn2cc(CCC(=O)COC)nn2)C(C)C)cc1. The minimum absolute atomic E-state index is 0.00320. The Morgan fingerprint density at radius 2 is 1.15 bits per heavy atom. The summed E-state index contributed by atoms with van der Waals surface area (Å²) in [6.07, 6.45) is 6.68. The van der Waals surface area contributed by atoms with E-state index in [0.29, 0.717) is 56.3 Å². The molecule has 96 heavy (non-hydrogen) atoms. The number of primary amides is 2. The van der Waals surface area contributed by atoms with Gasteiger partial charge in [0.05, 0.1) is 24.3 Å². The molecule has 11 amide bonds. The number of halogens is 2. The summed E-state index contributed by atoms with van der Waals surface area (Å²) in [6.45, 7) is 10.9. The quantitative estimate of drug-likeness (QED) is 0.00732. The van der Waals surface area contributed by atoms with Crippen LogP contribution in [0.4, 0.5) is 30.6 Å². The van der Waals surface area contributed by atoms with Gasteiger partial charge in [-0.3, -0.25) is 28.8 Å². The van der Waals surface area contributed by atoms with Crippen molar-refractivity contribution in [2.75, 3.05) is 73.1 Å². The van der Waals surface area contributed by atoms with E-state index < -0.39 is 114 Å². The van der Waals surface area contributed by atoms with Gasteiger partial charge in [0.2, 0.25) is 29.2 Å². The number of aryl methyl sites for hydroxylation is 1. The zero-order valence-corrected chi connectivity index (χ0v) is 59.7. The Labute approximate surface area is 580 Å². The van der Waals surface area contributed by atoms with Gasteiger partial charge in [0.1, 0.15) is 30.4 Å². The number of terminal acetylenes is 1. The van der Waals surface area contributed by atoms with E-state index in [-0.39, 0.29) is 126 Å². The number of hydrogen-bond acceptors (Lipinski definition) is 20. The zero-order valence-electron chi connectivity index (χ0n) is 57.4. The van der Waals surface area contributed by atoms with E-state index in [0.717, 1.165) is 0 Å². The molecule has 4 atom stereocenters. The molecule has 0 bridgehead atoms. The molecular weight excluding hydrogens is 1480 g/mol. The molecule has 532 valence electrons. The van der Waals surface area contributed by atoms with E-state index >= 15 is 0 Å². The van der Waals surface area contributed by atoms with Gasteiger partial charge in [-0.15, -0.1) is 11.5 Å². The van der Waals surface area contributed by atoms with E-state index in [1.165, 1.54) is 18.9 Å². The third kappa shape index (κ3) is 39.8. The van der Waals surface area contributed by atoms with Crippen LogP contribution in [0, 0.1) is 41.5 Å². The van der Waals surface area contributed by atoms with Gasteiger partial charge in [-0.25, -0.2) is 14.3 Å². The van der Waals surface area contributed by atoms with Crippen molar-refractivity contribution in [2.24, 2.45) is 40.3 Å². The van der Waals surface area contributed by atoms with Crippen LogP contribution < -0.4 is 60.7 Å². The number of nitrogens with zero attached hydrogens (tertiary/aromatic N) is 5. The molecule has 33 nitrogen and oxygen atoms in total. The molecule has 1 heterocycles. The summed E-state index contributed by atoms with van der Waals surface area (Å²) in [4.78, 5) is 149. The van der Waals surface area contributed by atoms with E-state index in [1.54, 1.807) is 82.4 Å². The Bertz CT molecular complexity index is 3140. The van der Waals surface area contributed by atoms with Gasteiger partial charge in [0, 0.05) is 46.3 Å². The van der Waals surface area contributed by atoms with Crippen molar-refractivity contribution in [1.82, 2.24) is 53.5 Å². The summed E-state index contributed by atoms with van der Waals surface area (Å²) in [6, 6.07) is 10.1. The average molecular weight is 1580 g/mol. The van der Waals surface area contributed by atoms with Crippen LogP contribution in [0.1, 0.15) is 103 Å². The topological polar surface area (TPSA) is 483 Å². The molecule has 0 aliphatic rings. The summed E-state index contributed by atoms with van der Waals surface area (Å²) >= 11 is -4.47. The van der Waals surface area contributed by atoms with Crippen LogP contribution in [-0.2, 0) is 83.5 Å². The van der Waals surface area contributed by atoms with Gasteiger partial charge in [-0.1, -0.05) is 38.8 Å². The van der Waals surface area contributed by atoms with Gasteiger partial charge in [0.25, 0.3) is 0 Å². The van der Waals surface area contributed by atoms with Crippen molar-refractivity contribution in [2.45, 2.75) is 125 Å². The number of benzene rings is 2. The van der Waals surface area contributed by atoms with Crippen LogP contribution >= 0.6 is 42.6 Å². The number of aromatic nitrogens is 3. The number of urea groups is 2. The third-order valence-electron chi connectivity index (χ3n) is 12.9. The van der Waals surface area contributed by atoms with Crippen LogP contribution in [-0.4, -0.2) is 162 Å². The number of ether oxygens (including phenoxy) is 4. The number of hydrogen-bond donors (Lipinski definition) is 12. The number of amides is 11. The van der Waals surface area contributed by atoms with E-state index in [4.69, 9.17) is 38.8 Å². The minimum atomic E-state index is -2.25. The van der Waals surface area contributed by atoms with Crippen LogP contribution in [0.25, 0.3) is 0 Å². The van der Waals surface area contributed by atoms with Gasteiger partial charge in [-0.05, 0) is 24.7 Å². The number of Topliss-reactive ketones (excluding diaryl/α,β-unsaturated/α-hetero) is 3. The van der Waals surface area contributed by atoms with Crippen molar-refractivity contribution >= 4 is 125 Å². The monoisotopic (exact) mass is 1580 g/mol. The molecule has 3 aromatic rings. The summed E-state index contributed by atoms with van der Waals surface area (Å²) in [5, 5.41) is 29.5. The fraction of sp³-hybridized carbons (Fsp3) is 0.541. The van der Waals surface area contributed by atoms with Crippen molar-refractivity contribution < 1.29 is 76.5 Å². The number of carbonyl (C=O) groups excluding carboxylic acids is 12. The van der Waals surface area contributed by atoms with Crippen molar-refractivity contribution in [3.63, 3.8) is 0 Å². The molecule has 2 aromatic carbocycles. The molecule has 1 aromatic heterocycles. The second-order valence-electron chi connectivity index (χ2n) is 21.4. The van der Waals surface area contributed by atoms with E-state index in [9.17, 15) is 57.5 Å². The Morgan fingerprint density at radius 3 is 1.55 bits per heavy atom. The molecule has 0 spiro atoms. The molecule has 0 saturated carbocycles. The fourth-order valence-corrected chi connectivity index (χ4v) is 9.95. The molecule has 14 N–H and O–H groups in total. The summed E-state index contributed by atoms with van der Waals surface area (Å²) in [5.74, 6) is -2.66. The number of nitrogens with one attached hydrogen (secondary N) is 10. The molecular formula is C61H94I2N17O16+. The van der Waals surface area contributed by atoms with Crippen LogP contribution in [0.3, 0.4) is 0 Å². The Kier molecular flexibility index (Phi) is 43.0. The van der Waals surface area contributed by atoms with Gasteiger partial charge >= 0.3 is 271 Å². The molecule has 3 rings (SSSR count). The number of methoxy groups -OCH3 is 2. The third-order valence-corrected chi connectivity index (χ3v) is 16.1. The molecule has 0 unspecified atom stereocenters. The standard InChI is InChI=1S/C31H47IN8O8.C24H37IN8O6.C6H9NO2/c1-5-32-37-31(46)48-18-21-8-10-23(11-9-21)35-29(44)22(7-6-14-34-30(33)45)15-26(42)28(20(2)3)36-27(43)17-40-16-24(38-39-40)12-13-25(41)19-47-4;1-4-25-32-24(38)39-14-16-7-9-18(10-8-16)30-22(36)17(6-5-11-28-23(26)37)12-19(34)21(15(2)3)31-20(35)13-29-33-27;1-3-4-7-6(8)5-9-2/h8-11,16,20,22,28,32H,5-7,12-15,17-19H2,1-4H3,(H,35,44)(H,36,43)(H,37,46)(H3,33,34,45);7-10,15,17,21,25,27H,4-6,11-14H2,1-3H3,(H5-,26,28,30,31,32,35,36,37,38);1H,4-5H2,2H3,(H,7,8)/p+1/t22-,28+;17-,21+;/m11./s1/i32D;25D;. The molecule has 0 aliphatic carbocycles. The van der Waals surface area contributed by atoms with Gasteiger partial charge in [-0.2, -0.15) is 0 Å². The number of rotatable bonds is 42. The molecule has 0 aliphatic heterocycles. The van der Waals surface area contributed by atoms with Gasteiger partial charge in [0.15, 0.2) is 17.3 Å². The summed E-state index contributed by atoms with van der Waals surface area (Å²) in [7, 11) is 2.89. The molecule has 0 radical (unpaired) electrons. The van der Waals surface area contributed by atoms with E-state index in [1.807, 2.05) is 13.8 Å². The Hall–Kier alpha value is -8.73. The maximum absolute atomic E-state index is 13.5. The zero-order chi connectivity index (χ0) is 73.5. The molecule has 35 heteroatoms. The second-order valence-corrected chi connectivity index (χ2v) is 27.0. The normalized spacial score (nSPS) is 12.2. The summed E-state index contributed by atoms with van der Waals surface area (Å²) < 4.78 is 42.7. The number of carbonyl (C=O) groups is 12. The number of anilines is 2. The fourth-order valence-electron chi connectivity index (χ4n) is 8.25.